The van der Waals surface area contributed by atoms with Gasteiger partial charge in [-0.25, -0.2) is 0 Å². The first-order valence-corrected chi connectivity index (χ1v) is 10.0. The molecule has 4 rings (SSSR count). The lowest BCUT2D eigenvalue weighted by atomic mass is 9.79. The number of nitro groups is 1. The number of aromatic hydroxyl groups is 1. The summed E-state index contributed by atoms with van der Waals surface area (Å²) in [6.07, 6.45) is 1.66. The standard InChI is InChI=1S/C24H24N2O4/c27-23-18(9-7-14-21(23)26(29)30)17-25-16-8-15-22(25)24(28,19-10-3-1-4-11-19)20-12-5-2-6-13-20/h1-7,9-14,22,27-28H,8,15-17H2/t22-/m1/s1. The SMILES string of the molecule is O=[N+]([O-])c1cccc(CN2CCC[C@@H]2C(O)(c2ccccc2)c2ccccc2)c1O. The van der Waals surface area contributed by atoms with Crippen LogP contribution in [0.5, 0.6) is 5.75 Å². The van der Waals surface area contributed by atoms with Gasteiger partial charge in [0.05, 0.1) is 4.92 Å². The van der Waals surface area contributed by atoms with Gasteiger partial charge in [0.1, 0.15) is 5.60 Å². The Morgan fingerprint density at radius 2 is 1.57 bits per heavy atom. The van der Waals surface area contributed by atoms with Crippen molar-refractivity contribution in [2.75, 3.05) is 6.54 Å². The predicted molar refractivity (Wildman–Crippen MR) is 114 cm³/mol. The lowest BCUT2D eigenvalue weighted by molar-refractivity contribution is -0.386. The molecule has 3 aromatic carbocycles. The van der Waals surface area contributed by atoms with E-state index in [1.165, 1.54) is 6.07 Å². The molecule has 1 aliphatic heterocycles. The summed E-state index contributed by atoms with van der Waals surface area (Å²) in [6.45, 7) is 1.05. The summed E-state index contributed by atoms with van der Waals surface area (Å²) in [7, 11) is 0. The Hall–Kier alpha value is -3.22. The van der Waals surface area contributed by atoms with Gasteiger partial charge in [0.25, 0.3) is 0 Å². The zero-order valence-electron chi connectivity index (χ0n) is 16.5. The molecule has 0 saturated carbocycles. The van der Waals surface area contributed by atoms with Crippen molar-refractivity contribution in [2.45, 2.75) is 31.0 Å². The lowest BCUT2D eigenvalue weighted by Crippen LogP contribution is -2.48. The number of phenols is 1. The summed E-state index contributed by atoms with van der Waals surface area (Å²) in [5.74, 6) is -0.309. The zero-order valence-corrected chi connectivity index (χ0v) is 16.5. The molecular weight excluding hydrogens is 380 g/mol. The molecular formula is C24H24N2O4. The van der Waals surface area contributed by atoms with E-state index < -0.39 is 10.5 Å². The van der Waals surface area contributed by atoms with Crippen LogP contribution in [0.2, 0.25) is 0 Å². The number of para-hydroxylation sites is 1. The van der Waals surface area contributed by atoms with Gasteiger partial charge in [-0.1, -0.05) is 72.8 Å². The van der Waals surface area contributed by atoms with Crippen LogP contribution >= 0.6 is 0 Å². The summed E-state index contributed by atoms with van der Waals surface area (Å²) in [5, 5.41) is 33.7. The van der Waals surface area contributed by atoms with Gasteiger partial charge in [0.15, 0.2) is 5.75 Å². The second-order valence-corrected chi connectivity index (χ2v) is 7.67. The van der Waals surface area contributed by atoms with Crippen molar-refractivity contribution in [1.82, 2.24) is 4.90 Å². The van der Waals surface area contributed by atoms with E-state index in [1.54, 1.807) is 12.1 Å². The molecule has 0 radical (unpaired) electrons. The van der Waals surface area contributed by atoms with E-state index in [-0.39, 0.29) is 17.5 Å². The van der Waals surface area contributed by atoms with Gasteiger partial charge < -0.3 is 10.2 Å². The third-order valence-corrected chi connectivity index (χ3v) is 5.94. The first-order chi connectivity index (χ1) is 14.5. The minimum atomic E-state index is -1.24. The van der Waals surface area contributed by atoms with Crippen LogP contribution < -0.4 is 0 Å². The van der Waals surface area contributed by atoms with Gasteiger partial charge in [-0.15, -0.1) is 0 Å². The van der Waals surface area contributed by atoms with Crippen LogP contribution in [0.1, 0.15) is 29.5 Å². The van der Waals surface area contributed by atoms with Crippen molar-refractivity contribution in [2.24, 2.45) is 0 Å². The Labute approximate surface area is 175 Å². The number of likely N-dealkylation sites (tertiary alicyclic amines) is 1. The lowest BCUT2D eigenvalue weighted by Gasteiger charge is -2.40. The number of nitrogens with zero attached hydrogens (tertiary/aromatic N) is 2. The summed E-state index contributed by atoms with van der Waals surface area (Å²) >= 11 is 0. The number of phenolic OH excluding ortho intramolecular Hbond substituents is 1. The van der Waals surface area contributed by atoms with Crippen molar-refractivity contribution < 1.29 is 15.1 Å². The van der Waals surface area contributed by atoms with E-state index in [4.69, 9.17) is 0 Å². The van der Waals surface area contributed by atoms with E-state index in [1.807, 2.05) is 60.7 Å². The summed E-state index contributed by atoms with van der Waals surface area (Å²) in [5.41, 5.74) is 0.548. The summed E-state index contributed by atoms with van der Waals surface area (Å²) in [4.78, 5) is 12.7. The predicted octanol–water partition coefficient (Wildman–Crippen LogP) is 4.20. The van der Waals surface area contributed by atoms with Crippen molar-refractivity contribution in [3.8, 4) is 5.75 Å². The fourth-order valence-electron chi connectivity index (χ4n) is 4.50. The first-order valence-electron chi connectivity index (χ1n) is 10.0. The van der Waals surface area contributed by atoms with Crippen LogP contribution in [0.15, 0.2) is 78.9 Å². The van der Waals surface area contributed by atoms with Gasteiger partial charge in [-0.3, -0.25) is 15.0 Å². The van der Waals surface area contributed by atoms with Crippen molar-refractivity contribution in [1.29, 1.82) is 0 Å². The van der Waals surface area contributed by atoms with Crippen LogP contribution in [-0.4, -0.2) is 32.6 Å². The van der Waals surface area contributed by atoms with Gasteiger partial charge in [-0.05, 0) is 30.5 Å². The number of aliphatic hydroxyl groups is 1. The Balaban J connectivity index is 1.74. The van der Waals surface area contributed by atoms with Gasteiger partial charge in [-0.2, -0.15) is 0 Å². The maximum Gasteiger partial charge on any atom is 0.311 e. The minimum absolute atomic E-state index is 0.235. The number of hydrogen-bond donors (Lipinski definition) is 2. The van der Waals surface area contributed by atoms with Gasteiger partial charge >= 0.3 is 5.69 Å². The molecule has 154 valence electrons. The molecule has 2 N–H and O–H groups in total. The molecule has 0 spiro atoms. The van der Waals surface area contributed by atoms with Crippen LogP contribution in [0.3, 0.4) is 0 Å². The van der Waals surface area contributed by atoms with Crippen molar-refractivity contribution >= 4 is 5.69 Å². The molecule has 6 nitrogen and oxygen atoms in total. The Bertz CT molecular complexity index is 984. The third kappa shape index (κ3) is 3.56. The number of benzene rings is 3. The third-order valence-electron chi connectivity index (χ3n) is 5.94. The highest BCUT2D eigenvalue weighted by atomic mass is 16.6. The number of hydrogen-bond acceptors (Lipinski definition) is 5. The quantitative estimate of drug-likeness (QED) is 0.475. The number of nitro benzene ring substituents is 1. The highest BCUT2D eigenvalue weighted by Gasteiger charge is 2.45. The average Bonchev–Trinajstić information content (AvgIpc) is 3.24. The van der Waals surface area contributed by atoms with Crippen LogP contribution in [0.4, 0.5) is 5.69 Å². The molecule has 0 aliphatic carbocycles. The van der Waals surface area contributed by atoms with Crippen molar-refractivity contribution in [3.63, 3.8) is 0 Å². The Morgan fingerprint density at radius 3 is 2.13 bits per heavy atom. The second-order valence-electron chi connectivity index (χ2n) is 7.67. The van der Waals surface area contributed by atoms with Crippen LogP contribution in [0.25, 0.3) is 0 Å². The number of rotatable bonds is 6. The molecule has 3 aromatic rings. The molecule has 0 aromatic heterocycles. The smallest absolute Gasteiger partial charge is 0.311 e. The highest BCUT2D eigenvalue weighted by Crippen LogP contribution is 2.41. The monoisotopic (exact) mass is 404 g/mol. The topological polar surface area (TPSA) is 86.8 Å². The normalized spacial score (nSPS) is 17.2. The highest BCUT2D eigenvalue weighted by molar-refractivity contribution is 5.50. The molecule has 1 saturated heterocycles. The van der Waals surface area contributed by atoms with Gasteiger partial charge in [0.2, 0.25) is 0 Å². The molecule has 30 heavy (non-hydrogen) atoms. The molecule has 0 unspecified atom stereocenters. The van der Waals surface area contributed by atoms with E-state index in [0.717, 1.165) is 30.5 Å². The largest absolute Gasteiger partial charge is 0.502 e. The van der Waals surface area contributed by atoms with Crippen LogP contribution in [-0.2, 0) is 12.1 Å². The first kappa shape index (κ1) is 20.1. The molecule has 0 amide bonds. The Kier molecular flexibility index (Phi) is 5.53. The fraction of sp³-hybridized carbons (Fsp3) is 0.250. The van der Waals surface area contributed by atoms with E-state index in [0.29, 0.717) is 12.1 Å². The maximum atomic E-state index is 12.1. The van der Waals surface area contributed by atoms with Crippen LogP contribution in [0, 0.1) is 10.1 Å². The van der Waals surface area contributed by atoms with Gasteiger partial charge in [0, 0.05) is 24.2 Å². The fourth-order valence-corrected chi connectivity index (χ4v) is 4.50. The average molecular weight is 404 g/mol. The molecule has 0 bridgehead atoms. The zero-order chi connectivity index (χ0) is 21.1. The van der Waals surface area contributed by atoms with E-state index in [9.17, 15) is 20.3 Å². The summed E-state index contributed by atoms with van der Waals surface area (Å²) < 4.78 is 0. The molecule has 1 fully saturated rings. The Morgan fingerprint density at radius 1 is 0.967 bits per heavy atom. The molecule has 1 heterocycles. The molecule has 6 heteroatoms. The van der Waals surface area contributed by atoms with Crippen molar-refractivity contribution in [3.05, 3.63) is 106 Å². The minimum Gasteiger partial charge on any atom is -0.502 e. The second kappa shape index (κ2) is 8.26. The molecule has 1 aliphatic rings. The maximum absolute atomic E-state index is 12.1. The van der Waals surface area contributed by atoms with E-state index >= 15 is 0 Å². The summed E-state index contributed by atoms with van der Waals surface area (Å²) in [6, 6.07) is 23.5. The molecule has 1 atom stereocenters. The van der Waals surface area contributed by atoms with E-state index in [2.05, 4.69) is 4.90 Å².